The molecule has 1 heterocycles. The number of alkyl halides is 3. The summed E-state index contributed by atoms with van der Waals surface area (Å²) in [6, 6.07) is 7.80. The quantitative estimate of drug-likeness (QED) is 0.822. The van der Waals surface area contributed by atoms with Crippen molar-refractivity contribution in [3.8, 4) is 0 Å². The minimum absolute atomic E-state index is 0.00234. The van der Waals surface area contributed by atoms with Crippen molar-refractivity contribution in [2.75, 3.05) is 17.6 Å². The van der Waals surface area contributed by atoms with Crippen molar-refractivity contribution in [3.63, 3.8) is 0 Å². The molecule has 1 aromatic heterocycles. The highest BCUT2D eigenvalue weighted by molar-refractivity contribution is 8.00. The predicted octanol–water partition coefficient (Wildman–Crippen LogP) is 4.57. The summed E-state index contributed by atoms with van der Waals surface area (Å²) >= 11 is 1.64. The van der Waals surface area contributed by atoms with Crippen LogP contribution >= 0.6 is 23.1 Å². The van der Waals surface area contributed by atoms with Crippen LogP contribution in [0.4, 0.5) is 18.9 Å². The van der Waals surface area contributed by atoms with Crippen molar-refractivity contribution in [2.45, 2.75) is 5.51 Å². The highest BCUT2D eigenvalue weighted by atomic mass is 32.2. The molecule has 0 aliphatic heterocycles. The monoisotopic (exact) mass is 277 g/mol. The Labute approximate surface area is 105 Å². The van der Waals surface area contributed by atoms with Crippen LogP contribution in [0.2, 0.25) is 0 Å². The van der Waals surface area contributed by atoms with Gasteiger partial charge in [-0.3, -0.25) is 0 Å². The van der Waals surface area contributed by atoms with E-state index in [0.717, 1.165) is 11.1 Å². The number of hydrogen-bond donors (Lipinski definition) is 1. The van der Waals surface area contributed by atoms with Gasteiger partial charge in [0.2, 0.25) is 0 Å². The lowest BCUT2D eigenvalue weighted by molar-refractivity contribution is -0.0327. The van der Waals surface area contributed by atoms with Gasteiger partial charge in [-0.05, 0) is 46.8 Å². The van der Waals surface area contributed by atoms with Crippen LogP contribution in [0.1, 0.15) is 0 Å². The fourth-order valence-electron chi connectivity index (χ4n) is 1.44. The third-order valence-corrected chi connectivity index (χ3v) is 3.78. The zero-order valence-corrected chi connectivity index (χ0v) is 10.4. The van der Waals surface area contributed by atoms with E-state index in [1.165, 1.54) is 4.70 Å². The Hall–Kier alpha value is -0.880. The lowest BCUT2D eigenvalue weighted by atomic mass is 10.2. The minimum atomic E-state index is -4.14. The molecule has 0 unspecified atom stereocenters. The number of nitrogens with one attached hydrogen (secondary N) is 1. The number of thiophene rings is 1. The number of hydrogen-bond acceptors (Lipinski definition) is 3. The maximum Gasteiger partial charge on any atom is 0.441 e. The van der Waals surface area contributed by atoms with Crippen molar-refractivity contribution < 1.29 is 13.2 Å². The standard InChI is InChI=1S/C11H10F3NS2/c12-11(13,14)17-6-4-15-9-1-2-10-8(7-9)3-5-16-10/h1-3,5,7,15H,4,6H2. The SMILES string of the molecule is FC(F)(F)SCCNc1ccc2sccc2c1. The molecule has 0 aliphatic carbocycles. The number of rotatable bonds is 4. The molecule has 2 rings (SSSR count). The van der Waals surface area contributed by atoms with Crippen molar-refractivity contribution in [3.05, 3.63) is 29.6 Å². The Balaban J connectivity index is 1.86. The average molecular weight is 277 g/mol. The first-order valence-electron chi connectivity index (χ1n) is 4.96. The average Bonchev–Trinajstić information content (AvgIpc) is 2.70. The van der Waals surface area contributed by atoms with E-state index < -0.39 is 5.51 Å². The van der Waals surface area contributed by atoms with Crippen LogP contribution in [0, 0.1) is 0 Å². The van der Waals surface area contributed by atoms with Crippen molar-refractivity contribution in [1.29, 1.82) is 0 Å². The molecule has 0 aliphatic rings. The van der Waals surface area contributed by atoms with Crippen molar-refractivity contribution in [1.82, 2.24) is 0 Å². The van der Waals surface area contributed by atoms with Gasteiger partial charge in [0.25, 0.3) is 0 Å². The molecule has 0 bridgehead atoms. The second-order valence-electron chi connectivity index (χ2n) is 3.39. The highest BCUT2D eigenvalue weighted by Crippen LogP contribution is 2.30. The van der Waals surface area contributed by atoms with E-state index in [1.54, 1.807) is 11.3 Å². The molecule has 92 valence electrons. The van der Waals surface area contributed by atoms with Gasteiger partial charge in [0.1, 0.15) is 0 Å². The molecular weight excluding hydrogens is 267 g/mol. The Morgan fingerprint density at radius 1 is 1.24 bits per heavy atom. The molecule has 1 nitrogen and oxygen atoms in total. The summed E-state index contributed by atoms with van der Waals surface area (Å²) in [5.41, 5.74) is -3.28. The number of benzene rings is 1. The first-order chi connectivity index (χ1) is 8.04. The van der Waals surface area contributed by atoms with Gasteiger partial charge in [-0.2, -0.15) is 13.2 Å². The summed E-state index contributed by atoms with van der Waals surface area (Å²) < 4.78 is 36.8. The third kappa shape index (κ3) is 3.81. The van der Waals surface area contributed by atoms with Crippen LogP contribution < -0.4 is 5.32 Å². The van der Waals surface area contributed by atoms with Gasteiger partial charge in [-0.15, -0.1) is 11.3 Å². The van der Waals surface area contributed by atoms with Gasteiger partial charge >= 0.3 is 5.51 Å². The van der Waals surface area contributed by atoms with Gasteiger partial charge in [-0.1, -0.05) is 0 Å². The lowest BCUT2D eigenvalue weighted by Gasteiger charge is -2.08. The van der Waals surface area contributed by atoms with E-state index in [9.17, 15) is 13.2 Å². The molecule has 0 saturated carbocycles. The molecule has 1 N–H and O–H groups in total. The van der Waals surface area contributed by atoms with Crippen LogP contribution in [-0.4, -0.2) is 17.8 Å². The summed E-state index contributed by atoms with van der Waals surface area (Å²) in [6.07, 6.45) is 0. The van der Waals surface area contributed by atoms with E-state index in [2.05, 4.69) is 5.32 Å². The van der Waals surface area contributed by atoms with Gasteiger partial charge in [0.05, 0.1) is 0 Å². The largest absolute Gasteiger partial charge is 0.441 e. The highest BCUT2D eigenvalue weighted by Gasteiger charge is 2.27. The maximum absolute atomic E-state index is 11.9. The number of thioether (sulfide) groups is 1. The number of fused-ring (bicyclic) bond motifs is 1. The van der Waals surface area contributed by atoms with E-state index in [-0.39, 0.29) is 17.5 Å². The molecule has 0 saturated heterocycles. The Morgan fingerprint density at radius 2 is 2.06 bits per heavy atom. The fourth-order valence-corrected chi connectivity index (χ4v) is 2.65. The molecule has 6 heteroatoms. The molecule has 0 amide bonds. The van der Waals surface area contributed by atoms with E-state index in [1.807, 2.05) is 29.6 Å². The topological polar surface area (TPSA) is 12.0 Å². The first-order valence-corrected chi connectivity index (χ1v) is 6.83. The van der Waals surface area contributed by atoms with E-state index in [4.69, 9.17) is 0 Å². The zero-order valence-electron chi connectivity index (χ0n) is 8.75. The molecule has 0 atom stereocenters. The molecule has 1 aromatic carbocycles. The number of anilines is 1. The molecule has 17 heavy (non-hydrogen) atoms. The lowest BCUT2D eigenvalue weighted by Crippen LogP contribution is -2.09. The summed E-state index contributed by atoms with van der Waals surface area (Å²) in [5, 5.41) is 6.09. The van der Waals surface area contributed by atoms with Crippen LogP contribution in [0.25, 0.3) is 10.1 Å². The Morgan fingerprint density at radius 3 is 2.82 bits per heavy atom. The van der Waals surface area contributed by atoms with Gasteiger partial charge in [0.15, 0.2) is 0 Å². The van der Waals surface area contributed by atoms with Crippen LogP contribution in [0.5, 0.6) is 0 Å². The van der Waals surface area contributed by atoms with Crippen molar-refractivity contribution >= 4 is 38.9 Å². The minimum Gasteiger partial charge on any atom is -0.384 e. The summed E-state index contributed by atoms with van der Waals surface area (Å²) in [6.45, 7) is 0.305. The second-order valence-corrected chi connectivity index (χ2v) is 5.50. The van der Waals surface area contributed by atoms with Crippen LogP contribution in [-0.2, 0) is 0 Å². The van der Waals surface area contributed by atoms with Crippen LogP contribution in [0.15, 0.2) is 29.6 Å². The zero-order chi connectivity index (χ0) is 12.3. The first kappa shape index (κ1) is 12.6. The summed E-state index contributed by atoms with van der Waals surface area (Å²) in [5.74, 6) is 0.0190. The van der Waals surface area contributed by atoms with Crippen LogP contribution in [0.3, 0.4) is 0 Å². The number of halogens is 3. The normalized spacial score (nSPS) is 11.9. The van der Waals surface area contributed by atoms with Gasteiger partial charge in [-0.25, -0.2) is 0 Å². The van der Waals surface area contributed by atoms with E-state index in [0.29, 0.717) is 6.54 Å². The van der Waals surface area contributed by atoms with Gasteiger partial charge < -0.3 is 5.32 Å². The molecule has 2 aromatic rings. The predicted molar refractivity (Wildman–Crippen MR) is 68.8 cm³/mol. The van der Waals surface area contributed by atoms with E-state index >= 15 is 0 Å². The third-order valence-electron chi connectivity index (χ3n) is 2.15. The van der Waals surface area contributed by atoms with Gasteiger partial charge in [0, 0.05) is 22.7 Å². The Kier molecular flexibility index (Phi) is 3.83. The fraction of sp³-hybridized carbons (Fsp3) is 0.273. The summed E-state index contributed by atoms with van der Waals surface area (Å²) in [7, 11) is 0. The molecule has 0 spiro atoms. The molecular formula is C11H10F3NS2. The molecule has 0 fully saturated rings. The second kappa shape index (κ2) is 5.18. The van der Waals surface area contributed by atoms with Crippen molar-refractivity contribution in [2.24, 2.45) is 0 Å². The Bertz CT molecular complexity index is 493. The maximum atomic E-state index is 11.9. The smallest absolute Gasteiger partial charge is 0.384 e. The molecule has 0 radical (unpaired) electrons. The summed E-state index contributed by atoms with van der Waals surface area (Å²) in [4.78, 5) is 0.